The summed E-state index contributed by atoms with van der Waals surface area (Å²) in [5.41, 5.74) is 7.83. The van der Waals surface area contributed by atoms with E-state index >= 15 is 0 Å². The van der Waals surface area contributed by atoms with Gasteiger partial charge in [0.15, 0.2) is 0 Å². The molecule has 0 radical (unpaired) electrons. The predicted octanol–water partition coefficient (Wildman–Crippen LogP) is 4.24. The van der Waals surface area contributed by atoms with Crippen molar-refractivity contribution in [2.24, 2.45) is 5.73 Å². The number of esters is 1. The second-order valence-electron chi connectivity index (χ2n) is 8.32. The lowest BCUT2D eigenvalue weighted by Crippen LogP contribution is -2.39. The molecular formula is C23H27N5O3. The number of rotatable bonds is 5. The molecule has 162 valence electrons. The van der Waals surface area contributed by atoms with Crippen LogP contribution in [0.4, 0.5) is 11.6 Å². The molecule has 2 atom stereocenters. The highest BCUT2D eigenvalue weighted by atomic mass is 16.6. The van der Waals surface area contributed by atoms with Gasteiger partial charge in [-0.25, -0.2) is 19.7 Å². The molecule has 1 aliphatic rings. The number of fused-ring (bicyclic) bond motifs is 2. The van der Waals surface area contributed by atoms with Crippen LogP contribution in [0.3, 0.4) is 0 Å². The summed E-state index contributed by atoms with van der Waals surface area (Å²) in [4.78, 5) is 25.9. The van der Waals surface area contributed by atoms with Gasteiger partial charge in [0, 0.05) is 24.4 Å². The third-order valence-electron chi connectivity index (χ3n) is 6.01. The van der Waals surface area contributed by atoms with Crippen molar-refractivity contribution in [1.82, 2.24) is 15.0 Å². The van der Waals surface area contributed by atoms with Crippen LogP contribution >= 0.6 is 0 Å². The molecule has 0 fully saturated rings. The van der Waals surface area contributed by atoms with Crippen LogP contribution in [0.15, 0.2) is 30.6 Å². The van der Waals surface area contributed by atoms with Gasteiger partial charge in [-0.2, -0.15) is 0 Å². The number of pyridine rings is 3. The van der Waals surface area contributed by atoms with Gasteiger partial charge in [0.2, 0.25) is 5.88 Å². The lowest BCUT2D eigenvalue weighted by Gasteiger charge is -2.36. The molecule has 0 saturated carbocycles. The molecule has 3 aromatic heterocycles. The Kier molecular flexibility index (Phi) is 5.26. The fourth-order valence-electron chi connectivity index (χ4n) is 3.77. The van der Waals surface area contributed by atoms with E-state index in [1.165, 1.54) is 0 Å². The Hall–Kier alpha value is -3.26. The summed E-state index contributed by atoms with van der Waals surface area (Å²) in [6, 6.07) is 5.27. The van der Waals surface area contributed by atoms with Gasteiger partial charge < -0.3 is 20.5 Å². The summed E-state index contributed by atoms with van der Waals surface area (Å²) < 4.78 is 10.9. The number of nitrogens with two attached hydrogens (primary N) is 1. The first kappa shape index (κ1) is 21.0. The predicted molar refractivity (Wildman–Crippen MR) is 119 cm³/mol. The van der Waals surface area contributed by atoms with Crippen LogP contribution in [0, 0.1) is 0 Å². The summed E-state index contributed by atoms with van der Waals surface area (Å²) in [6.45, 7) is 7.83. The summed E-state index contributed by atoms with van der Waals surface area (Å²) in [5, 5.41) is 4.98. The molecule has 8 nitrogen and oxygen atoms in total. The molecule has 0 amide bonds. The van der Waals surface area contributed by atoms with Crippen molar-refractivity contribution in [3.8, 4) is 5.88 Å². The van der Waals surface area contributed by atoms with Crippen molar-refractivity contribution in [1.29, 1.82) is 0 Å². The topological polar surface area (TPSA) is 112 Å². The van der Waals surface area contributed by atoms with Gasteiger partial charge in [0.1, 0.15) is 17.2 Å². The van der Waals surface area contributed by atoms with Crippen LogP contribution in [0.25, 0.3) is 10.8 Å². The largest absolute Gasteiger partial charge is 0.481 e. The van der Waals surface area contributed by atoms with E-state index in [4.69, 9.17) is 20.2 Å². The third kappa shape index (κ3) is 3.67. The molecule has 0 saturated heterocycles. The lowest BCUT2D eigenvalue weighted by molar-refractivity contribution is -0.0189. The molecule has 1 aliphatic heterocycles. The standard InChI is InChI=1S/C23H27N5O3/c1-6-17(24)15-10-26-21(30-5)16-11-25-19(9-14(15)16)27-18-8-7-13-20(28-18)12(2)23(3,4)31-22(13)29/h7-12,17H,6,24H2,1-5H3,(H,25,27,28)/t12-,17+/m1/s1. The highest BCUT2D eigenvalue weighted by Gasteiger charge is 2.40. The second kappa shape index (κ2) is 7.77. The van der Waals surface area contributed by atoms with Crippen LogP contribution in [-0.2, 0) is 4.74 Å². The van der Waals surface area contributed by atoms with E-state index in [0.29, 0.717) is 28.8 Å². The minimum Gasteiger partial charge on any atom is -0.481 e. The number of nitrogens with zero attached hydrogens (tertiary/aromatic N) is 3. The number of ether oxygens (including phenoxy) is 2. The minimum atomic E-state index is -0.619. The maximum absolute atomic E-state index is 12.3. The summed E-state index contributed by atoms with van der Waals surface area (Å²) in [5.74, 6) is 1.32. The van der Waals surface area contributed by atoms with Gasteiger partial charge in [-0.1, -0.05) is 13.8 Å². The molecule has 8 heteroatoms. The van der Waals surface area contributed by atoms with Crippen LogP contribution in [-0.4, -0.2) is 33.6 Å². The number of aromatic nitrogens is 3. The quantitative estimate of drug-likeness (QED) is 0.588. The first-order chi connectivity index (χ1) is 14.7. The molecule has 4 heterocycles. The van der Waals surface area contributed by atoms with E-state index in [0.717, 1.165) is 22.8 Å². The minimum absolute atomic E-state index is 0.0454. The Labute approximate surface area is 181 Å². The SMILES string of the molecule is CC[C@H](N)c1cnc(OC)c2cnc(Nc3ccc4c(n3)[C@@H](C)C(C)(C)OC4=O)cc12. The maximum Gasteiger partial charge on any atom is 0.340 e. The van der Waals surface area contributed by atoms with E-state index in [1.54, 1.807) is 31.6 Å². The van der Waals surface area contributed by atoms with E-state index in [-0.39, 0.29) is 17.9 Å². The molecule has 0 aromatic carbocycles. The van der Waals surface area contributed by atoms with Crippen LogP contribution in [0.2, 0.25) is 0 Å². The zero-order valence-corrected chi connectivity index (χ0v) is 18.4. The van der Waals surface area contributed by atoms with Crippen molar-refractivity contribution >= 4 is 28.4 Å². The van der Waals surface area contributed by atoms with Gasteiger partial charge in [-0.3, -0.25) is 0 Å². The van der Waals surface area contributed by atoms with E-state index < -0.39 is 5.60 Å². The Morgan fingerprint density at radius 3 is 2.71 bits per heavy atom. The average Bonchev–Trinajstić information content (AvgIpc) is 2.75. The number of methoxy groups -OCH3 is 1. The third-order valence-corrected chi connectivity index (χ3v) is 6.01. The molecule has 31 heavy (non-hydrogen) atoms. The zero-order chi connectivity index (χ0) is 22.3. The monoisotopic (exact) mass is 421 g/mol. The Bertz CT molecular complexity index is 1160. The van der Waals surface area contributed by atoms with Gasteiger partial charge in [-0.05, 0) is 49.4 Å². The van der Waals surface area contributed by atoms with Crippen LogP contribution < -0.4 is 15.8 Å². The normalized spacial score (nSPS) is 18.3. The number of hydrogen-bond donors (Lipinski definition) is 2. The van der Waals surface area contributed by atoms with Crippen molar-refractivity contribution < 1.29 is 14.3 Å². The van der Waals surface area contributed by atoms with Crippen LogP contribution in [0.1, 0.15) is 67.7 Å². The van der Waals surface area contributed by atoms with Gasteiger partial charge in [-0.15, -0.1) is 0 Å². The van der Waals surface area contributed by atoms with Gasteiger partial charge in [0.25, 0.3) is 0 Å². The first-order valence-electron chi connectivity index (χ1n) is 10.3. The highest BCUT2D eigenvalue weighted by molar-refractivity contribution is 5.93. The van der Waals surface area contributed by atoms with Crippen molar-refractivity contribution in [3.05, 3.63) is 47.4 Å². The Morgan fingerprint density at radius 1 is 1.23 bits per heavy atom. The molecular weight excluding hydrogens is 394 g/mol. The zero-order valence-electron chi connectivity index (χ0n) is 18.4. The molecule has 3 N–H and O–H groups in total. The second-order valence-corrected chi connectivity index (χ2v) is 8.32. The summed E-state index contributed by atoms with van der Waals surface area (Å²) in [6.07, 6.45) is 4.26. The summed E-state index contributed by atoms with van der Waals surface area (Å²) in [7, 11) is 1.58. The fraction of sp³-hybridized carbons (Fsp3) is 0.391. The molecule has 0 spiro atoms. The number of cyclic esters (lactones) is 1. The fourth-order valence-corrected chi connectivity index (χ4v) is 3.77. The van der Waals surface area contributed by atoms with E-state index in [1.807, 2.05) is 33.8 Å². The lowest BCUT2D eigenvalue weighted by atomic mass is 9.84. The Balaban J connectivity index is 1.74. The van der Waals surface area contributed by atoms with Crippen LogP contribution in [0.5, 0.6) is 5.88 Å². The molecule has 0 bridgehead atoms. The number of carbonyl (C=O) groups is 1. The number of nitrogens with one attached hydrogen (secondary N) is 1. The number of carbonyl (C=O) groups excluding carboxylic acids is 1. The first-order valence-corrected chi connectivity index (χ1v) is 10.3. The van der Waals surface area contributed by atoms with Crippen molar-refractivity contribution in [3.63, 3.8) is 0 Å². The molecule has 0 unspecified atom stereocenters. The molecule has 4 rings (SSSR count). The van der Waals surface area contributed by atoms with Gasteiger partial charge in [0.05, 0.1) is 23.8 Å². The molecule has 0 aliphatic carbocycles. The van der Waals surface area contributed by atoms with Crippen molar-refractivity contribution in [2.45, 2.75) is 51.7 Å². The van der Waals surface area contributed by atoms with Gasteiger partial charge >= 0.3 is 5.97 Å². The Morgan fingerprint density at radius 2 is 2.00 bits per heavy atom. The molecule has 3 aromatic rings. The van der Waals surface area contributed by atoms with E-state index in [2.05, 4.69) is 15.3 Å². The highest BCUT2D eigenvalue weighted by Crippen LogP contribution is 2.38. The summed E-state index contributed by atoms with van der Waals surface area (Å²) >= 11 is 0. The van der Waals surface area contributed by atoms with E-state index in [9.17, 15) is 4.79 Å². The average molecular weight is 422 g/mol. The number of hydrogen-bond acceptors (Lipinski definition) is 8. The maximum atomic E-state index is 12.3. The smallest absolute Gasteiger partial charge is 0.340 e. The van der Waals surface area contributed by atoms with Crippen molar-refractivity contribution in [2.75, 3.05) is 12.4 Å². The number of anilines is 2.